The fourth-order valence-corrected chi connectivity index (χ4v) is 3.27. The molecule has 3 N–H and O–H groups in total. The summed E-state index contributed by atoms with van der Waals surface area (Å²) in [6.07, 6.45) is 4.44. The molecule has 126 valence electrons. The Morgan fingerprint density at radius 3 is 2.96 bits per heavy atom. The van der Waals surface area contributed by atoms with Gasteiger partial charge in [0.15, 0.2) is 0 Å². The van der Waals surface area contributed by atoms with Gasteiger partial charge in [-0.25, -0.2) is 4.98 Å². The normalized spacial score (nSPS) is 12.2. The zero-order chi connectivity index (χ0) is 16.8. The zero-order valence-electron chi connectivity index (χ0n) is 13.7. The van der Waals surface area contributed by atoms with E-state index in [0.717, 1.165) is 22.8 Å². The van der Waals surface area contributed by atoms with Crippen LogP contribution in [-0.2, 0) is 17.8 Å². The highest BCUT2D eigenvalue weighted by Gasteiger charge is 2.14. The molecule has 0 aliphatic carbocycles. The molecule has 0 aliphatic heterocycles. The van der Waals surface area contributed by atoms with E-state index in [1.807, 2.05) is 6.92 Å². The molecule has 0 fully saturated rings. The van der Waals surface area contributed by atoms with E-state index in [-0.39, 0.29) is 31.6 Å². The second kappa shape index (κ2) is 8.07. The van der Waals surface area contributed by atoms with Gasteiger partial charge in [0.05, 0.1) is 35.2 Å². The molecule has 23 heavy (non-hydrogen) atoms. The Morgan fingerprint density at radius 2 is 2.30 bits per heavy atom. The largest absolute Gasteiger partial charge is 0.395 e. The Labute approximate surface area is 139 Å². The number of rotatable bonds is 8. The summed E-state index contributed by atoms with van der Waals surface area (Å²) in [5.74, 6) is -0.173. The molecule has 0 spiro atoms. The number of hydrogen-bond donors (Lipinski definition) is 3. The number of aliphatic hydroxyl groups is 1. The van der Waals surface area contributed by atoms with E-state index in [4.69, 9.17) is 5.11 Å². The Balaban J connectivity index is 1.95. The van der Waals surface area contributed by atoms with Crippen LogP contribution in [0, 0.1) is 6.92 Å². The molecule has 2 aromatic heterocycles. The van der Waals surface area contributed by atoms with Crippen molar-refractivity contribution in [2.24, 2.45) is 0 Å². The third-order valence-electron chi connectivity index (χ3n) is 3.33. The highest BCUT2D eigenvalue weighted by atomic mass is 32.1. The minimum Gasteiger partial charge on any atom is -0.395 e. The maximum Gasteiger partial charge on any atom is 0.241 e. The standard InChI is InChI=1S/C15H23N5O2S/c1-4-14-19-11(3)15(23-14)10(2)18-12-7-17-20(8-12)9-13(22)16-5-6-21/h7-8,10,18,21H,4-6,9H2,1-3H3,(H,16,22). The van der Waals surface area contributed by atoms with Crippen LogP contribution in [0.25, 0.3) is 0 Å². The lowest BCUT2D eigenvalue weighted by atomic mass is 10.2. The average molecular weight is 337 g/mol. The zero-order valence-corrected chi connectivity index (χ0v) is 14.5. The molecule has 0 saturated heterocycles. The fraction of sp³-hybridized carbons (Fsp3) is 0.533. The average Bonchev–Trinajstić information content (AvgIpc) is 3.11. The topological polar surface area (TPSA) is 92.1 Å². The second-order valence-corrected chi connectivity index (χ2v) is 6.39. The van der Waals surface area contributed by atoms with Gasteiger partial charge in [0.25, 0.3) is 0 Å². The summed E-state index contributed by atoms with van der Waals surface area (Å²) in [6.45, 7) is 6.54. The van der Waals surface area contributed by atoms with E-state index >= 15 is 0 Å². The summed E-state index contributed by atoms with van der Waals surface area (Å²) in [4.78, 5) is 17.4. The van der Waals surface area contributed by atoms with Crippen LogP contribution in [0.1, 0.15) is 35.5 Å². The van der Waals surface area contributed by atoms with Gasteiger partial charge >= 0.3 is 0 Å². The maximum atomic E-state index is 11.6. The van der Waals surface area contributed by atoms with Gasteiger partial charge in [-0.1, -0.05) is 6.92 Å². The van der Waals surface area contributed by atoms with Crippen LogP contribution >= 0.6 is 11.3 Å². The lowest BCUT2D eigenvalue weighted by Gasteiger charge is -2.12. The monoisotopic (exact) mass is 337 g/mol. The van der Waals surface area contributed by atoms with Crippen LogP contribution in [0.5, 0.6) is 0 Å². The predicted molar refractivity (Wildman–Crippen MR) is 90.6 cm³/mol. The number of aliphatic hydroxyl groups excluding tert-OH is 1. The third-order valence-corrected chi connectivity index (χ3v) is 4.81. The van der Waals surface area contributed by atoms with E-state index < -0.39 is 0 Å². The van der Waals surface area contributed by atoms with E-state index in [0.29, 0.717) is 0 Å². The van der Waals surface area contributed by atoms with Gasteiger partial charge in [0.2, 0.25) is 5.91 Å². The number of carbonyl (C=O) groups excluding carboxylic acids is 1. The van der Waals surface area contributed by atoms with E-state index in [1.165, 1.54) is 4.88 Å². The Morgan fingerprint density at radius 1 is 1.52 bits per heavy atom. The lowest BCUT2D eigenvalue weighted by molar-refractivity contribution is -0.122. The molecule has 1 atom stereocenters. The first-order valence-corrected chi connectivity index (χ1v) is 8.47. The number of anilines is 1. The number of aryl methyl sites for hydroxylation is 2. The number of amides is 1. The van der Waals surface area contributed by atoms with Crippen LogP contribution in [0.3, 0.4) is 0 Å². The molecule has 0 saturated carbocycles. The maximum absolute atomic E-state index is 11.6. The first kappa shape index (κ1) is 17.4. The Bertz CT molecular complexity index is 652. The molecule has 2 heterocycles. The minimum atomic E-state index is -0.173. The van der Waals surface area contributed by atoms with Crippen molar-refractivity contribution in [2.45, 2.75) is 39.8 Å². The van der Waals surface area contributed by atoms with Crippen LogP contribution < -0.4 is 10.6 Å². The Hall–Kier alpha value is -1.93. The van der Waals surface area contributed by atoms with Crippen molar-refractivity contribution in [1.29, 1.82) is 0 Å². The van der Waals surface area contributed by atoms with Gasteiger partial charge in [-0.15, -0.1) is 11.3 Å². The summed E-state index contributed by atoms with van der Waals surface area (Å²) in [5.41, 5.74) is 1.92. The smallest absolute Gasteiger partial charge is 0.241 e. The summed E-state index contributed by atoms with van der Waals surface area (Å²) in [7, 11) is 0. The number of carbonyl (C=O) groups is 1. The molecule has 2 aromatic rings. The van der Waals surface area contributed by atoms with Crippen molar-refractivity contribution < 1.29 is 9.90 Å². The first-order valence-electron chi connectivity index (χ1n) is 7.66. The van der Waals surface area contributed by atoms with Gasteiger partial charge in [-0.3, -0.25) is 9.48 Å². The molecule has 1 unspecified atom stereocenters. The molecule has 0 aromatic carbocycles. The van der Waals surface area contributed by atoms with Crippen molar-refractivity contribution in [1.82, 2.24) is 20.1 Å². The fourth-order valence-electron chi connectivity index (χ4n) is 2.26. The van der Waals surface area contributed by atoms with Gasteiger partial charge in [0.1, 0.15) is 6.54 Å². The predicted octanol–water partition coefficient (Wildman–Crippen LogP) is 1.49. The second-order valence-electron chi connectivity index (χ2n) is 5.28. The molecule has 0 radical (unpaired) electrons. The van der Waals surface area contributed by atoms with Crippen LogP contribution in [0.15, 0.2) is 12.4 Å². The number of aromatic nitrogens is 3. The highest BCUT2D eigenvalue weighted by Crippen LogP contribution is 2.27. The van der Waals surface area contributed by atoms with Crippen LogP contribution in [0.4, 0.5) is 5.69 Å². The van der Waals surface area contributed by atoms with Gasteiger partial charge in [0, 0.05) is 17.6 Å². The van der Waals surface area contributed by atoms with E-state index in [9.17, 15) is 4.79 Å². The molecular weight excluding hydrogens is 314 g/mol. The number of nitrogens with one attached hydrogen (secondary N) is 2. The molecular formula is C15H23N5O2S. The summed E-state index contributed by atoms with van der Waals surface area (Å²) in [5, 5.41) is 20.0. The molecule has 2 rings (SSSR count). The summed E-state index contributed by atoms with van der Waals surface area (Å²) >= 11 is 1.72. The Kier molecular flexibility index (Phi) is 6.12. The molecule has 0 aliphatic rings. The number of thiazole rings is 1. The van der Waals surface area contributed by atoms with E-state index in [1.54, 1.807) is 28.4 Å². The molecule has 8 heteroatoms. The van der Waals surface area contributed by atoms with E-state index in [2.05, 4.69) is 34.6 Å². The van der Waals surface area contributed by atoms with Gasteiger partial charge in [-0.05, 0) is 20.3 Å². The summed E-state index contributed by atoms with van der Waals surface area (Å²) < 4.78 is 1.57. The van der Waals surface area contributed by atoms with Crippen molar-refractivity contribution in [3.63, 3.8) is 0 Å². The highest BCUT2D eigenvalue weighted by molar-refractivity contribution is 7.11. The van der Waals surface area contributed by atoms with Crippen molar-refractivity contribution >= 4 is 22.9 Å². The first-order chi connectivity index (χ1) is 11.0. The number of nitrogens with zero attached hydrogens (tertiary/aromatic N) is 3. The van der Waals surface area contributed by atoms with Gasteiger partial charge in [-0.2, -0.15) is 5.10 Å². The SMILES string of the molecule is CCc1nc(C)c(C(C)Nc2cnn(CC(=O)NCCO)c2)s1. The number of hydrogen-bond acceptors (Lipinski definition) is 6. The van der Waals surface area contributed by atoms with Crippen LogP contribution in [0.2, 0.25) is 0 Å². The molecule has 1 amide bonds. The quantitative estimate of drug-likeness (QED) is 0.679. The van der Waals surface area contributed by atoms with Crippen molar-refractivity contribution in [3.8, 4) is 0 Å². The van der Waals surface area contributed by atoms with Crippen molar-refractivity contribution in [2.75, 3.05) is 18.5 Å². The molecule has 7 nitrogen and oxygen atoms in total. The molecule has 0 bridgehead atoms. The minimum absolute atomic E-state index is 0.0664. The van der Waals surface area contributed by atoms with Crippen LogP contribution in [-0.4, -0.2) is 38.9 Å². The lowest BCUT2D eigenvalue weighted by Crippen LogP contribution is -2.30. The third kappa shape index (κ3) is 4.77. The van der Waals surface area contributed by atoms with Gasteiger partial charge < -0.3 is 15.7 Å². The summed E-state index contributed by atoms with van der Waals surface area (Å²) in [6, 6.07) is 0.133. The van der Waals surface area contributed by atoms with Crippen molar-refractivity contribution in [3.05, 3.63) is 28.0 Å².